The molecule has 0 radical (unpaired) electrons. The van der Waals surface area contributed by atoms with Crippen LogP contribution in [0.5, 0.6) is 0 Å². The zero-order valence-electron chi connectivity index (χ0n) is 23.2. The summed E-state index contributed by atoms with van der Waals surface area (Å²) in [5.41, 5.74) is 5.30. The number of hydrogen-bond donors (Lipinski definition) is 0. The Bertz CT molecular complexity index is 2460. The van der Waals surface area contributed by atoms with E-state index in [0.717, 1.165) is 22.3 Å². The second-order valence-corrected chi connectivity index (χ2v) is 11.3. The van der Waals surface area contributed by atoms with E-state index >= 15 is 0 Å². The topological polar surface area (TPSA) is 30.2 Å². The monoisotopic (exact) mass is 548 g/mol. The molecule has 43 heavy (non-hydrogen) atoms. The van der Waals surface area contributed by atoms with E-state index in [0.29, 0.717) is 21.9 Å². The zero-order chi connectivity index (χ0) is 28.5. The fourth-order valence-electron chi connectivity index (χ4n) is 6.58. The lowest BCUT2D eigenvalue weighted by molar-refractivity contribution is 0.660. The van der Waals surface area contributed by atoms with Gasteiger partial charge in [0.2, 0.25) is 5.43 Å². The summed E-state index contributed by atoms with van der Waals surface area (Å²) < 4.78 is 6.26. The first-order valence-electron chi connectivity index (χ1n) is 14.5. The molecule has 0 amide bonds. The summed E-state index contributed by atoms with van der Waals surface area (Å²) in [6, 6.07) is 50.4. The number of hydrogen-bond acceptors (Lipinski definition) is 2. The quantitative estimate of drug-likeness (QED) is 0.159. The molecule has 9 rings (SSSR count). The average molecular weight is 549 g/mol. The smallest absolute Gasteiger partial charge is 0.200 e. The molecule has 8 aromatic carbocycles. The van der Waals surface area contributed by atoms with Crippen LogP contribution in [0.1, 0.15) is 0 Å². The summed E-state index contributed by atoms with van der Waals surface area (Å²) in [6.07, 6.45) is 0. The van der Waals surface area contributed by atoms with Crippen LogP contribution in [0.3, 0.4) is 0 Å². The predicted octanol–water partition coefficient (Wildman–Crippen LogP) is 10.9. The highest BCUT2D eigenvalue weighted by molar-refractivity contribution is 6.10. The minimum absolute atomic E-state index is 0.0163. The Morgan fingerprint density at radius 2 is 0.674 bits per heavy atom. The van der Waals surface area contributed by atoms with Gasteiger partial charge in [-0.3, -0.25) is 4.79 Å². The molecule has 0 saturated carbocycles. The second kappa shape index (κ2) is 9.14. The van der Waals surface area contributed by atoms with Crippen molar-refractivity contribution in [2.75, 3.05) is 0 Å². The maximum Gasteiger partial charge on any atom is 0.200 e. The molecule has 0 atom stereocenters. The molecule has 2 heteroatoms. The zero-order valence-corrected chi connectivity index (χ0v) is 23.2. The Hall–Kier alpha value is -5.73. The van der Waals surface area contributed by atoms with Crippen molar-refractivity contribution in [2.45, 2.75) is 0 Å². The molecule has 0 unspecified atom stereocenters. The molecular formula is C41H24O2. The molecule has 0 aliphatic rings. The molecule has 0 aliphatic carbocycles. The van der Waals surface area contributed by atoms with Gasteiger partial charge in [0, 0.05) is 0 Å². The third kappa shape index (κ3) is 3.77. The molecule has 0 N–H and O–H groups in total. The summed E-state index contributed by atoms with van der Waals surface area (Å²) in [4.78, 5) is 14.0. The average Bonchev–Trinajstić information content (AvgIpc) is 3.07. The molecule has 0 aliphatic heterocycles. The van der Waals surface area contributed by atoms with Crippen molar-refractivity contribution in [3.8, 4) is 22.3 Å². The van der Waals surface area contributed by atoms with Gasteiger partial charge in [0.15, 0.2) is 0 Å². The largest absolute Gasteiger partial charge is 0.456 e. The minimum atomic E-state index is -0.0163. The van der Waals surface area contributed by atoms with Crippen LogP contribution in [0.15, 0.2) is 155 Å². The molecule has 1 aromatic heterocycles. The Labute approximate surface area is 247 Å². The van der Waals surface area contributed by atoms with Gasteiger partial charge in [-0.1, -0.05) is 109 Å². The van der Waals surface area contributed by atoms with Gasteiger partial charge in [0.25, 0.3) is 0 Å². The molecule has 9 aromatic rings. The molecule has 1 heterocycles. The highest BCUT2D eigenvalue weighted by Crippen LogP contribution is 2.34. The maximum absolute atomic E-state index is 14.0. The Balaban J connectivity index is 1.20. The van der Waals surface area contributed by atoms with E-state index < -0.39 is 0 Å². The van der Waals surface area contributed by atoms with Crippen LogP contribution >= 0.6 is 0 Å². The van der Waals surface area contributed by atoms with Crippen LogP contribution in [-0.4, -0.2) is 0 Å². The van der Waals surface area contributed by atoms with Gasteiger partial charge in [-0.15, -0.1) is 0 Å². The lowest BCUT2D eigenvalue weighted by Gasteiger charge is -2.10. The van der Waals surface area contributed by atoms with Gasteiger partial charge < -0.3 is 4.42 Å². The minimum Gasteiger partial charge on any atom is -0.456 e. The lowest BCUT2D eigenvalue weighted by Crippen LogP contribution is -2.02. The predicted molar refractivity (Wildman–Crippen MR) is 181 cm³/mol. The molecule has 0 bridgehead atoms. The number of fused-ring (bicyclic) bond motifs is 8. The fraction of sp³-hybridized carbons (Fsp3) is 0. The number of benzene rings is 8. The normalized spacial score (nSPS) is 11.8. The van der Waals surface area contributed by atoms with Crippen LogP contribution in [0.2, 0.25) is 0 Å². The van der Waals surface area contributed by atoms with E-state index in [4.69, 9.17) is 4.42 Å². The van der Waals surface area contributed by atoms with Crippen molar-refractivity contribution >= 4 is 65.0 Å². The summed E-state index contributed by atoms with van der Waals surface area (Å²) in [5, 5.41) is 10.9. The van der Waals surface area contributed by atoms with Crippen molar-refractivity contribution < 1.29 is 4.42 Å². The molecule has 200 valence electrons. The summed E-state index contributed by atoms with van der Waals surface area (Å²) >= 11 is 0. The maximum atomic E-state index is 14.0. The van der Waals surface area contributed by atoms with Gasteiger partial charge >= 0.3 is 0 Å². The van der Waals surface area contributed by atoms with E-state index in [2.05, 4.69) is 109 Å². The molecule has 0 saturated heterocycles. The summed E-state index contributed by atoms with van der Waals surface area (Å²) in [5.74, 6) is 0. The van der Waals surface area contributed by atoms with Crippen molar-refractivity contribution in [1.29, 1.82) is 0 Å². The van der Waals surface area contributed by atoms with Crippen LogP contribution < -0.4 is 5.43 Å². The third-order valence-corrected chi connectivity index (χ3v) is 8.83. The van der Waals surface area contributed by atoms with Crippen LogP contribution in [0.4, 0.5) is 0 Å². The second-order valence-electron chi connectivity index (χ2n) is 11.3. The van der Waals surface area contributed by atoms with Gasteiger partial charge in [-0.05, 0) is 102 Å². The van der Waals surface area contributed by atoms with Gasteiger partial charge in [-0.2, -0.15) is 0 Å². The van der Waals surface area contributed by atoms with Crippen LogP contribution in [0, 0.1) is 0 Å². The standard InChI is InChI=1S/C41H24O2/c42-41-37-23-31(29-15-13-27-11-9-25-5-1-3-7-33(25)35(27)21-29)17-19-39(37)43-40-20-18-32(24-38(40)41)30-16-14-28-12-10-26-6-2-4-8-34(26)36(28)22-30/h1-24H. The van der Waals surface area contributed by atoms with E-state index in [1.165, 1.54) is 43.1 Å². The first kappa shape index (κ1) is 23.9. The summed E-state index contributed by atoms with van der Waals surface area (Å²) in [7, 11) is 0. The van der Waals surface area contributed by atoms with E-state index in [9.17, 15) is 4.79 Å². The Morgan fingerprint density at radius 1 is 0.326 bits per heavy atom. The van der Waals surface area contributed by atoms with Crippen molar-refractivity contribution in [2.24, 2.45) is 0 Å². The first-order chi connectivity index (χ1) is 21.2. The molecule has 0 spiro atoms. The highest BCUT2D eigenvalue weighted by atomic mass is 16.3. The third-order valence-electron chi connectivity index (χ3n) is 8.83. The SMILES string of the molecule is O=c1c2cc(-c3ccc4ccc5ccccc5c4c3)ccc2oc2ccc(-c3ccc4ccc5ccccc5c4c3)cc12. The van der Waals surface area contributed by atoms with Crippen LogP contribution in [-0.2, 0) is 0 Å². The van der Waals surface area contributed by atoms with Gasteiger partial charge in [0.1, 0.15) is 11.2 Å². The summed E-state index contributed by atoms with van der Waals surface area (Å²) in [6.45, 7) is 0. The van der Waals surface area contributed by atoms with Crippen molar-refractivity contribution in [3.63, 3.8) is 0 Å². The fourth-order valence-corrected chi connectivity index (χ4v) is 6.58. The van der Waals surface area contributed by atoms with Crippen molar-refractivity contribution in [1.82, 2.24) is 0 Å². The van der Waals surface area contributed by atoms with E-state index in [1.54, 1.807) is 0 Å². The Kier molecular flexibility index (Phi) is 5.08. The van der Waals surface area contributed by atoms with Gasteiger partial charge in [-0.25, -0.2) is 0 Å². The highest BCUT2D eigenvalue weighted by Gasteiger charge is 2.12. The van der Waals surface area contributed by atoms with Crippen molar-refractivity contribution in [3.05, 3.63) is 156 Å². The molecule has 2 nitrogen and oxygen atoms in total. The molecular weight excluding hydrogens is 524 g/mol. The lowest BCUT2D eigenvalue weighted by atomic mass is 9.95. The Morgan fingerprint density at radius 3 is 1.14 bits per heavy atom. The molecule has 0 fully saturated rings. The van der Waals surface area contributed by atoms with Crippen LogP contribution in [0.25, 0.3) is 87.3 Å². The number of rotatable bonds is 2. The van der Waals surface area contributed by atoms with E-state index in [1.807, 2.05) is 36.4 Å². The van der Waals surface area contributed by atoms with Gasteiger partial charge in [0.05, 0.1) is 10.8 Å². The van der Waals surface area contributed by atoms with E-state index in [-0.39, 0.29) is 5.43 Å². The first-order valence-corrected chi connectivity index (χ1v) is 14.5.